The van der Waals surface area contributed by atoms with E-state index in [2.05, 4.69) is 22.2 Å². The Morgan fingerprint density at radius 1 is 1.22 bits per heavy atom. The van der Waals surface area contributed by atoms with Crippen molar-refractivity contribution < 1.29 is 4.79 Å². The number of nitrogens with one attached hydrogen (secondary N) is 1. The Kier molecular flexibility index (Phi) is 5.45. The molecule has 2 fully saturated rings. The first kappa shape index (κ1) is 13.8. The molecule has 1 atom stereocenters. The molecule has 2 aliphatic rings. The van der Waals surface area contributed by atoms with Gasteiger partial charge in [0.15, 0.2) is 0 Å². The number of carbonyl (C=O) groups is 1. The van der Waals surface area contributed by atoms with Crippen molar-refractivity contribution in [3.8, 4) is 0 Å². The minimum absolute atomic E-state index is 0.218. The van der Waals surface area contributed by atoms with Crippen LogP contribution < -0.4 is 5.32 Å². The van der Waals surface area contributed by atoms with Gasteiger partial charge in [0.05, 0.1) is 5.92 Å². The molecule has 4 heteroatoms. The van der Waals surface area contributed by atoms with E-state index in [4.69, 9.17) is 0 Å². The van der Waals surface area contributed by atoms with Crippen LogP contribution in [-0.2, 0) is 4.79 Å². The number of amides is 1. The quantitative estimate of drug-likeness (QED) is 0.740. The topological polar surface area (TPSA) is 35.6 Å². The molecule has 0 aromatic rings. The summed E-state index contributed by atoms with van der Waals surface area (Å²) in [5.41, 5.74) is 0. The predicted octanol–water partition coefficient (Wildman–Crippen LogP) is 0.930. The zero-order valence-corrected chi connectivity index (χ0v) is 11.7. The van der Waals surface area contributed by atoms with Crippen molar-refractivity contribution in [2.75, 3.05) is 46.3 Å². The van der Waals surface area contributed by atoms with Gasteiger partial charge in [-0.25, -0.2) is 0 Å². The van der Waals surface area contributed by atoms with Crippen LogP contribution in [0.4, 0.5) is 0 Å². The number of hydrogen-bond donors (Lipinski definition) is 1. The van der Waals surface area contributed by atoms with Gasteiger partial charge in [-0.3, -0.25) is 4.79 Å². The lowest BCUT2D eigenvalue weighted by atomic mass is 9.97. The number of likely N-dealkylation sites (tertiary alicyclic amines) is 2. The Balaban J connectivity index is 1.56. The second kappa shape index (κ2) is 7.10. The lowest BCUT2D eigenvalue weighted by molar-refractivity contribution is -0.126. The lowest BCUT2D eigenvalue weighted by Crippen LogP contribution is -2.42. The predicted molar refractivity (Wildman–Crippen MR) is 73.5 cm³/mol. The molecule has 1 amide bonds. The maximum absolute atomic E-state index is 12.0. The minimum Gasteiger partial charge on any atom is -0.356 e. The zero-order valence-electron chi connectivity index (χ0n) is 11.7. The highest BCUT2D eigenvalue weighted by atomic mass is 16.1. The summed E-state index contributed by atoms with van der Waals surface area (Å²) in [5, 5.41) is 3.10. The third-order valence-corrected chi connectivity index (χ3v) is 4.14. The highest BCUT2D eigenvalue weighted by Gasteiger charge is 2.23. The van der Waals surface area contributed by atoms with E-state index in [9.17, 15) is 4.79 Å². The monoisotopic (exact) mass is 253 g/mol. The number of hydrogen-bond acceptors (Lipinski definition) is 3. The normalized spacial score (nSPS) is 26.4. The molecule has 0 saturated carbocycles. The van der Waals surface area contributed by atoms with Crippen LogP contribution in [-0.4, -0.2) is 62.0 Å². The van der Waals surface area contributed by atoms with Crippen molar-refractivity contribution in [2.45, 2.75) is 32.1 Å². The number of rotatable bonds is 5. The molecule has 104 valence electrons. The fourth-order valence-corrected chi connectivity index (χ4v) is 3.05. The maximum Gasteiger partial charge on any atom is 0.224 e. The van der Waals surface area contributed by atoms with Crippen LogP contribution in [0.5, 0.6) is 0 Å². The molecule has 4 nitrogen and oxygen atoms in total. The molecule has 0 aromatic heterocycles. The summed E-state index contributed by atoms with van der Waals surface area (Å²) < 4.78 is 0. The molecular weight excluding hydrogens is 226 g/mol. The van der Waals surface area contributed by atoms with Crippen LogP contribution in [0.3, 0.4) is 0 Å². The smallest absolute Gasteiger partial charge is 0.224 e. The molecule has 0 aliphatic carbocycles. The SMILES string of the molecule is CN1CCC[C@H](C(=O)NCCCN2CCCC2)C1. The minimum atomic E-state index is 0.218. The van der Waals surface area contributed by atoms with Crippen LogP contribution in [0.2, 0.25) is 0 Å². The average molecular weight is 253 g/mol. The van der Waals surface area contributed by atoms with Gasteiger partial charge in [-0.15, -0.1) is 0 Å². The standard InChI is InChI=1S/C14H27N3O/c1-16-8-4-6-13(12-16)14(18)15-7-5-11-17-9-2-3-10-17/h13H,2-12H2,1H3,(H,15,18)/t13-/m0/s1. The lowest BCUT2D eigenvalue weighted by Gasteiger charge is -2.28. The number of piperidine rings is 1. The third-order valence-electron chi connectivity index (χ3n) is 4.14. The Hall–Kier alpha value is -0.610. The van der Waals surface area contributed by atoms with E-state index < -0.39 is 0 Å². The molecule has 0 spiro atoms. The fourth-order valence-electron chi connectivity index (χ4n) is 3.05. The van der Waals surface area contributed by atoms with Crippen molar-refractivity contribution in [3.05, 3.63) is 0 Å². The van der Waals surface area contributed by atoms with Gasteiger partial charge in [-0.2, -0.15) is 0 Å². The summed E-state index contributed by atoms with van der Waals surface area (Å²) >= 11 is 0. The Bertz CT molecular complexity index is 264. The fraction of sp³-hybridized carbons (Fsp3) is 0.929. The summed E-state index contributed by atoms with van der Waals surface area (Å²) in [5.74, 6) is 0.485. The Labute approximate surface area is 111 Å². The number of nitrogens with zero attached hydrogens (tertiary/aromatic N) is 2. The summed E-state index contributed by atoms with van der Waals surface area (Å²) in [7, 11) is 2.10. The van der Waals surface area contributed by atoms with Gasteiger partial charge in [-0.05, 0) is 65.3 Å². The van der Waals surface area contributed by atoms with E-state index in [0.717, 1.165) is 45.4 Å². The molecule has 2 aliphatic heterocycles. The summed E-state index contributed by atoms with van der Waals surface area (Å²) in [6.45, 7) is 6.56. The first-order valence-corrected chi connectivity index (χ1v) is 7.44. The molecule has 18 heavy (non-hydrogen) atoms. The highest BCUT2D eigenvalue weighted by molar-refractivity contribution is 5.78. The van der Waals surface area contributed by atoms with Gasteiger partial charge in [-0.1, -0.05) is 0 Å². The van der Waals surface area contributed by atoms with Gasteiger partial charge >= 0.3 is 0 Å². The molecular formula is C14H27N3O. The van der Waals surface area contributed by atoms with Gasteiger partial charge in [0.1, 0.15) is 0 Å². The van der Waals surface area contributed by atoms with Crippen molar-refractivity contribution in [3.63, 3.8) is 0 Å². The molecule has 0 aromatic carbocycles. The molecule has 1 N–H and O–H groups in total. The van der Waals surface area contributed by atoms with E-state index in [0.29, 0.717) is 0 Å². The van der Waals surface area contributed by atoms with E-state index in [1.54, 1.807) is 0 Å². The first-order chi connectivity index (χ1) is 8.75. The zero-order chi connectivity index (χ0) is 12.8. The molecule has 2 rings (SSSR count). The van der Waals surface area contributed by atoms with Crippen LogP contribution in [0.25, 0.3) is 0 Å². The summed E-state index contributed by atoms with van der Waals surface area (Å²) in [6.07, 6.45) is 6.00. The third kappa shape index (κ3) is 4.25. The van der Waals surface area contributed by atoms with E-state index in [1.165, 1.54) is 25.9 Å². The molecule has 2 saturated heterocycles. The molecule has 2 heterocycles. The van der Waals surface area contributed by atoms with Gasteiger partial charge in [0, 0.05) is 13.1 Å². The molecule has 0 bridgehead atoms. The molecule has 0 radical (unpaired) electrons. The first-order valence-electron chi connectivity index (χ1n) is 7.44. The van der Waals surface area contributed by atoms with Crippen LogP contribution in [0, 0.1) is 5.92 Å². The van der Waals surface area contributed by atoms with Crippen LogP contribution >= 0.6 is 0 Å². The summed E-state index contributed by atoms with van der Waals surface area (Å²) in [6, 6.07) is 0. The maximum atomic E-state index is 12.0. The van der Waals surface area contributed by atoms with E-state index in [1.807, 2.05) is 0 Å². The largest absolute Gasteiger partial charge is 0.356 e. The van der Waals surface area contributed by atoms with Gasteiger partial charge in [0.2, 0.25) is 5.91 Å². The van der Waals surface area contributed by atoms with Crippen molar-refractivity contribution in [1.29, 1.82) is 0 Å². The van der Waals surface area contributed by atoms with E-state index >= 15 is 0 Å². The second-order valence-electron chi connectivity index (χ2n) is 5.79. The highest BCUT2D eigenvalue weighted by Crippen LogP contribution is 2.14. The molecule has 0 unspecified atom stereocenters. The van der Waals surface area contributed by atoms with Crippen molar-refractivity contribution >= 4 is 5.91 Å². The van der Waals surface area contributed by atoms with Crippen LogP contribution in [0.15, 0.2) is 0 Å². The number of carbonyl (C=O) groups excluding carboxylic acids is 1. The van der Waals surface area contributed by atoms with Gasteiger partial charge in [0.25, 0.3) is 0 Å². The van der Waals surface area contributed by atoms with Gasteiger partial charge < -0.3 is 15.1 Å². The van der Waals surface area contributed by atoms with Crippen molar-refractivity contribution in [2.24, 2.45) is 5.92 Å². The van der Waals surface area contributed by atoms with Crippen LogP contribution in [0.1, 0.15) is 32.1 Å². The summed E-state index contributed by atoms with van der Waals surface area (Å²) in [4.78, 5) is 16.8. The Morgan fingerprint density at radius 3 is 2.72 bits per heavy atom. The average Bonchev–Trinajstić information content (AvgIpc) is 2.87. The second-order valence-corrected chi connectivity index (χ2v) is 5.79. The van der Waals surface area contributed by atoms with E-state index in [-0.39, 0.29) is 11.8 Å². The van der Waals surface area contributed by atoms with Crippen molar-refractivity contribution in [1.82, 2.24) is 15.1 Å². The Morgan fingerprint density at radius 2 is 2.00 bits per heavy atom.